The van der Waals surface area contributed by atoms with Crippen LogP contribution in [0, 0.1) is 11.3 Å². The van der Waals surface area contributed by atoms with Gasteiger partial charge in [0.05, 0.1) is 24.0 Å². The summed E-state index contributed by atoms with van der Waals surface area (Å²) in [6, 6.07) is 7.46. The molecule has 2 aromatic rings. The second-order valence-electron chi connectivity index (χ2n) is 7.83. The number of aromatic nitrogens is 1. The summed E-state index contributed by atoms with van der Waals surface area (Å²) < 4.78 is 11.9. The Kier molecular flexibility index (Phi) is 5.25. The van der Waals surface area contributed by atoms with Crippen molar-refractivity contribution in [2.24, 2.45) is 0 Å². The SMILES string of the molecule is COC(=O)c1c(N)c(C#N)cn1-c1ccc2c(c1)CCCN2C(=O)OC(C)(C)C. The zero-order valence-electron chi connectivity index (χ0n) is 17.0. The summed E-state index contributed by atoms with van der Waals surface area (Å²) in [4.78, 5) is 26.4. The largest absolute Gasteiger partial charge is 0.464 e. The number of carbonyl (C=O) groups is 2. The summed E-state index contributed by atoms with van der Waals surface area (Å²) in [5, 5.41) is 9.28. The Bertz CT molecular complexity index is 1010. The van der Waals surface area contributed by atoms with E-state index in [1.807, 2.05) is 39.0 Å². The highest BCUT2D eigenvalue weighted by Crippen LogP contribution is 2.32. The molecule has 0 radical (unpaired) electrons. The van der Waals surface area contributed by atoms with Gasteiger partial charge in [-0.15, -0.1) is 0 Å². The lowest BCUT2D eigenvalue weighted by molar-refractivity contribution is 0.0573. The molecule has 3 rings (SSSR count). The first kappa shape index (κ1) is 20.3. The van der Waals surface area contributed by atoms with E-state index in [0.717, 1.165) is 24.1 Å². The third kappa shape index (κ3) is 3.90. The van der Waals surface area contributed by atoms with Crippen molar-refractivity contribution in [3.05, 3.63) is 41.2 Å². The Hall–Kier alpha value is -3.47. The molecule has 0 atom stereocenters. The highest BCUT2D eigenvalue weighted by Gasteiger charge is 2.28. The van der Waals surface area contributed by atoms with Crippen molar-refractivity contribution < 1.29 is 19.1 Å². The summed E-state index contributed by atoms with van der Waals surface area (Å²) in [5.74, 6) is -0.628. The van der Waals surface area contributed by atoms with Crippen LogP contribution in [0.5, 0.6) is 0 Å². The fourth-order valence-electron chi connectivity index (χ4n) is 3.36. The molecule has 2 N–H and O–H groups in total. The lowest BCUT2D eigenvalue weighted by atomic mass is 10.0. The third-order valence-corrected chi connectivity index (χ3v) is 4.62. The summed E-state index contributed by atoms with van der Waals surface area (Å²) in [7, 11) is 1.26. The molecule has 1 amide bonds. The van der Waals surface area contributed by atoms with Gasteiger partial charge in [-0.25, -0.2) is 9.59 Å². The van der Waals surface area contributed by atoms with Crippen molar-refractivity contribution in [2.45, 2.75) is 39.2 Å². The van der Waals surface area contributed by atoms with Gasteiger partial charge in [-0.1, -0.05) is 0 Å². The van der Waals surface area contributed by atoms with Gasteiger partial charge in [0, 0.05) is 18.4 Å². The number of methoxy groups -OCH3 is 1. The van der Waals surface area contributed by atoms with E-state index in [9.17, 15) is 14.9 Å². The van der Waals surface area contributed by atoms with Crippen LogP contribution in [0.1, 0.15) is 48.8 Å². The number of nitrogen functional groups attached to an aromatic ring is 1. The smallest absolute Gasteiger partial charge is 0.414 e. The lowest BCUT2D eigenvalue weighted by Crippen LogP contribution is -2.39. The second-order valence-corrected chi connectivity index (χ2v) is 7.83. The van der Waals surface area contributed by atoms with Gasteiger partial charge in [0.15, 0.2) is 5.69 Å². The number of aryl methyl sites for hydroxylation is 1. The maximum Gasteiger partial charge on any atom is 0.414 e. The summed E-state index contributed by atoms with van der Waals surface area (Å²) in [6.07, 6.45) is 2.69. The molecule has 8 nitrogen and oxygen atoms in total. The van der Waals surface area contributed by atoms with Crippen molar-refractivity contribution in [1.82, 2.24) is 4.57 Å². The zero-order chi connectivity index (χ0) is 21.3. The summed E-state index contributed by atoms with van der Waals surface area (Å²) in [5.41, 5.74) is 8.13. The molecule has 29 heavy (non-hydrogen) atoms. The molecule has 8 heteroatoms. The van der Waals surface area contributed by atoms with Crippen LogP contribution in [0.3, 0.4) is 0 Å². The molecule has 0 unspecified atom stereocenters. The van der Waals surface area contributed by atoms with Gasteiger partial charge in [-0.05, 0) is 57.4 Å². The Balaban J connectivity index is 2.03. The molecule has 0 fully saturated rings. The Morgan fingerprint density at radius 2 is 2.00 bits per heavy atom. The van der Waals surface area contributed by atoms with Crippen LogP contribution in [-0.4, -0.2) is 35.9 Å². The second kappa shape index (κ2) is 7.51. The maximum absolute atomic E-state index is 12.6. The Labute approximate surface area is 169 Å². The zero-order valence-corrected chi connectivity index (χ0v) is 17.0. The van der Waals surface area contributed by atoms with E-state index >= 15 is 0 Å². The molecule has 152 valence electrons. The van der Waals surface area contributed by atoms with Crippen LogP contribution in [0.15, 0.2) is 24.4 Å². The first-order valence-corrected chi connectivity index (χ1v) is 9.29. The number of amides is 1. The van der Waals surface area contributed by atoms with Gasteiger partial charge < -0.3 is 19.8 Å². The maximum atomic E-state index is 12.6. The standard InChI is InChI=1S/C21H24N4O4/c1-21(2,3)29-20(27)24-9-5-6-13-10-15(7-8-16(13)24)25-12-14(11-22)17(23)18(25)19(26)28-4/h7-8,10,12H,5-6,9,23H2,1-4H3. The van der Waals surface area contributed by atoms with Crippen molar-refractivity contribution in [2.75, 3.05) is 24.3 Å². The first-order valence-electron chi connectivity index (χ1n) is 9.29. The fourth-order valence-corrected chi connectivity index (χ4v) is 3.36. The predicted octanol–water partition coefficient (Wildman–Crippen LogP) is 3.41. The van der Waals surface area contributed by atoms with Crippen molar-refractivity contribution in [3.63, 3.8) is 0 Å². The van der Waals surface area contributed by atoms with Crippen molar-refractivity contribution in [3.8, 4) is 11.8 Å². The summed E-state index contributed by atoms with van der Waals surface area (Å²) >= 11 is 0. The van der Waals surface area contributed by atoms with Crippen molar-refractivity contribution >= 4 is 23.4 Å². The Morgan fingerprint density at radius 3 is 2.62 bits per heavy atom. The van der Waals surface area contributed by atoms with Crippen molar-refractivity contribution in [1.29, 1.82) is 5.26 Å². The quantitative estimate of drug-likeness (QED) is 0.779. The molecule has 2 heterocycles. The van der Waals surface area contributed by atoms with E-state index in [-0.39, 0.29) is 16.9 Å². The minimum Gasteiger partial charge on any atom is -0.464 e. The number of anilines is 2. The molecular formula is C21H24N4O4. The van der Waals surface area contributed by atoms with Crippen LogP contribution < -0.4 is 10.6 Å². The Morgan fingerprint density at radius 1 is 1.28 bits per heavy atom. The van der Waals surface area contributed by atoms with Gasteiger partial charge in [-0.3, -0.25) is 4.90 Å². The minimum atomic E-state index is -0.628. The molecule has 0 bridgehead atoms. The average Bonchev–Trinajstić information content (AvgIpc) is 3.01. The molecule has 0 aliphatic carbocycles. The fraction of sp³-hybridized carbons (Fsp3) is 0.381. The average molecular weight is 396 g/mol. The van der Waals surface area contributed by atoms with Gasteiger partial charge in [0.1, 0.15) is 11.7 Å². The number of ether oxygens (including phenoxy) is 2. The number of carbonyl (C=O) groups excluding carboxylic acids is 2. The van der Waals surface area contributed by atoms with Gasteiger partial charge in [0.2, 0.25) is 0 Å². The molecule has 1 aromatic carbocycles. The van der Waals surface area contributed by atoms with Crippen LogP contribution in [0.4, 0.5) is 16.2 Å². The number of hydrogen-bond acceptors (Lipinski definition) is 6. The predicted molar refractivity (Wildman–Crippen MR) is 108 cm³/mol. The van der Waals surface area contributed by atoms with Crippen LogP contribution in [-0.2, 0) is 15.9 Å². The number of hydrogen-bond donors (Lipinski definition) is 1. The van der Waals surface area contributed by atoms with Crippen LogP contribution >= 0.6 is 0 Å². The molecule has 1 aliphatic rings. The van der Waals surface area contributed by atoms with E-state index in [4.69, 9.17) is 15.2 Å². The van der Waals surface area contributed by atoms with E-state index in [2.05, 4.69) is 0 Å². The highest BCUT2D eigenvalue weighted by atomic mass is 16.6. The van der Waals surface area contributed by atoms with E-state index < -0.39 is 17.7 Å². The van der Waals surface area contributed by atoms with Crippen LogP contribution in [0.25, 0.3) is 5.69 Å². The van der Waals surface area contributed by atoms with Crippen LogP contribution in [0.2, 0.25) is 0 Å². The topological polar surface area (TPSA) is 111 Å². The molecule has 0 saturated carbocycles. The third-order valence-electron chi connectivity index (χ3n) is 4.62. The first-order chi connectivity index (χ1) is 13.7. The number of rotatable bonds is 2. The van der Waals surface area contributed by atoms with E-state index in [1.165, 1.54) is 13.3 Å². The van der Waals surface area contributed by atoms with E-state index in [0.29, 0.717) is 12.2 Å². The highest BCUT2D eigenvalue weighted by molar-refractivity contribution is 5.96. The summed E-state index contributed by atoms with van der Waals surface area (Å²) in [6.45, 7) is 6.06. The number of fused-ring (bicyclic) bond motifs is 1. The molecule has 0 saturated heterocycles. The number of nitrogens with two attached hydrogens (primary N) is 1. The minimum absolute atomic E-state index is 0.0763. The normalized spacial score (nSPS) is 13.4. The monoisotopic (exact) mass is 396 g/mol. The molecule has 1 aliphatic heterocycles. The molecule has 0 spiro atoms. The van der Waals surface area contributed by atoms with Gasteiger partial charge >= 0.3 is 12.1 Å². The number of nitriles is 1. The molecular weight excluding hydrogens is 372 g/mol. The molecule has 1 aromatic heterocycles. The number of nitrogens with zero attached hydrogens (tertiary/aromatic N) is 3. The number of esters is 1. The van der Waals surface area contributed by atoms with E-state index in [1.54, 1.807) is 15.5 Å². The van der Waals surface area contributed by atoms with Gasteiger partial charge in [0.25, 0.3) is 0 Å². The lowest BCUT2D eigenvalue weighted by Gasteiger charge is -2.32. The van der Waals surface area contributed by atoms with Gasteiger partial charge in [-0.2, -0.15) is 5.26 Å². The number of benzene rings is 1.